The maximum atomic E-state index is 14.6. The number of aromatic nitrogens is 5. The van der Waals surface area contributed by atoms with Gasteiger partial charge in [0.25, 0.3) is 0 Å². The highest BCUT2D eigenvalue weighted by molar-refractivity contribution is 7.99. The summed E-state index contributed by atoms with van der Waals surface area (Å²) in [5.41, 5.74) is -5.52. The summed E-state index contributed by atoms with van der Waals surface area (Å²) in [6.07, 6.45) is -21.2. The van der Waals surface area contributed by atoms with Crippen LogP contribution in [0.15, 0.2) is 23.3 Å². The SMILES string of the molecule is [2H]c1c([2H])c(C2([2H])C([2H])([2H])[C@]2([2H])Nc2nc(SC([2H])([2H])CC)nc3c2nnn3[C@]2([2H])C([2H])([2H])[C@]([2H])(OC([2H])([2H])C([2H])([2H])O)[C@@]([2H])(O)[C@@]2([2H])O)c([2H])c(F)c1F. The standard InChI is InChI=1S/C23H28F2N6O4S/c1-2-7-36-23-27-21(26-15-9-12(15)11-3-4-13(24)14(25)8-11)18-22(28-23)31(30-29-18)16-10-17(35-6-5-32)20(34)19(16)33/h3-4,8,12,15-17,19-20,32-34H,2,5-7,9-10H2,1H3,(H,26,27,28)/t12?,15-,16+,17-,19-,20+/m0/s1/i3D,4D,5D2,6D2,7D2,8D,9D2,10D2,12D,15D,16D,17D,19D,20D. The Morgan fingerprint density at radius 3 is 2.92 bits per heavy atom. The van der Waals surface area contributed by atoms with Crippen LogP contribution in [0.1, 0.15) is 69.6 Å². The molecular formula is C23H28F2N6O4S. The number of hydrogen-bond acceptors (Lipinski definition) is 10. The van der Waals surface area contributed by atoms with E-state index in [1.807, 2.05) is 0 Å². The molecule has 6 atom stereocenters. The van der Waals surface area contributed by atoms with Crippen molar-refractivity contribution in [2.45, 2.75) is 67.4 Å². The Morgan fingerprint density at radius 2 is 2.14 bits per heavy atom. The Morgan fingerprint density at radius 1 is 1.31 bits per heavy atom. The monoisotopic (exact) mass is 541 g/mol. The molecule has 1 unspecified atom stereocenters. The summed E-state index contributed by atoms with van der Waals surface area (Å²) < 4.78 is 190. The van der Waals surface area contributed by atoms with Crippen LogP contribution in [0.2, 0.25) is 0 Å². The second-order valence-electron chi connectivity index (χ2n) is 6.82. The fraction of sp³-hybridized carbons (Fsp3) is 0.565. The number of thioether (sulfide) groups is 1. The van der Waals surface area contributed by atoms with Crippen molar-refractivity contribution in [2.24, 2.45) is 0 Å². The summed E-state index contributed by atoms with van der Waals surface area (Å²) >= 11 is 0.184. The van der Waals surface area contributed by atoms with Crippen LogP contribution in [0.3, 0.4) is 0 Å². The van der Waals surface area contributed by atoms with Crippen molar-refractivity contribution in [2.75, 3.05) is 24.1 Å². The molecule has 0 amide bonds. The summed E-state index contributed by atoms with van der Waals surface area (Å²) in [6.45, 7) is -6.93. The molecule has 10 nitrogen and oxygen atoms in total. The van der Waals surface area contributed by atoms with Gasteiger partial charge in [-0.3, -0.25) is 0 Å². The van der Waals surface area contributed by atoms with Gasteiger partial charge in [-0.25, -0.2) is 23.4 Å². The molecule has 3 aromatic rings. The van der Waals surface area contributed by atoms with Gasteiger partial charge in [-0.05, 0) is 30.4 Å². The molecule has 2 saturated carbocycles. The van der Waals surface area contributed by atoms with Crippen molar-refractivity contribution in [1.29, 1.82) is 0 Å². The lowest BCUT2D eigenvalue weighted by Crippen LogP contribution is -2.33. The molecule has 13 heteroatoms. The molecule has 1 aromatic carbocycles. The molecule has 0 aliphatic heterocycles. The minimum Gasteiger partial charge on any atom is -0.394 e. The van der Waals surface area contributed by atoms with Crippen LogP contribution in [-0.4, -0.2) is 83.4 Å². The van der Waals surface area contributed by atoms with Gasteiger partial charge in [0.2, 0.25) is 0 Å². The average molecular weight is 542 g/mol. The fourth-order valence-electron chi connectivity index (χ4n) is 2.95. The third kappa shape index (κ3) is 4.90. The minimum atomic E-state index is -4.50. The minimum absolute atomic E-state index is 0.159. The van der Waals surface area contributed by atoms with E-state index in [1.165, 1.54) is 6.92 Å². The number of aliphatic hydroxyl groups is 3. The second-order valence-corrected chi connectivity index (χ2v) is 7.68. The molecule has 0 spiro atoms. The Balaban J connectivity index is 1.78. The van der Waals surface area contributed by atoms with Crippen LogP contribution in [0.4, 0.5) is 14.6 Å². The zero-order chi connectivity index (χ0) is 42.5. The summed E-state index contributed by atoms with van der Waals surface area (Å²) in [6, 6.07) is -11.7. The molecule has 4 N–H and O–H groups in total. The lowest BCUT2D eigenvalue weighted by molar-refractivity contribution is -0.0629. The topological polar surface area (TPSA) is 138 Å². The molecule has 2 aliphatic carbocycles. The number of rotatable bonds is 10. The zero-order valence-electron chi connectivity index (χ0n) is 36.9. The van der Waals surface area contributed by atoms with Gasteiger partial charge in [0.1, 0.15) is 12.2 Å². The highest BCUT2D eigenvalue weighted by Gasteiger charge is 2.45. The molecule has 2 heterocycles. The first-order valence-corrected chi connectivity index (χ1v) is 10.7. The Labute approximate surface area is 236 Å². The van der Waals surface area contributed by atoms with Gasteiger partial charge in [-0.15, -0.1) is 5.10 Å². The van der Waals surface area contributed by atoms with Crippen LogP contribution >= 0.6 is 11.8 Å². The van der Waals surface area contributed by atoms with E-state index in [4.69, 9.17) is 26.0 Å². The van der Waals surface area contributed by atoms with E-state index in [0.717, 1.165) is 0 Å². The van der Waals surface area contributed by atoms with Crippen LogP contribution in [0, 0.1) is 11.6 Å². The van der Waals surface area contributed by atoms with Gasteiger partial charge < -0.3 is 25.4 Å². The Kier molecular flexibility index (Phi) is 3.24. The van der Waals surface area contributed by atoms with E-state index in [2.05, 4.69) is 30.3 Å². The third-order valence-electron chi connectivity index (χ3n) is 4.55. The number of anilines is 1. The zero-order valence-corrected chi connectivity index (χ0v) is 18.7. The van der Waals surface area contributed by atoms with Crippen LogP contribution < -0.4 is 5.32 Å². The molecule has 0 radical (unpaired) electrons. The van der Waals surface area contributed by atoms with Gasteiger partial charge in [0.05, 0.1) is 41.7 Å². The highest BCUT2D eigenvalue weighted by Crippen LogP contribution is 2.44. The molecule has 0 bridgehead atoms. The molecule has 194 valence electrons. The van der Waals surface area contributed by atoms with Crippen molar-refractivity contribution >= 4 is 28.7 Å². The summed E-state index contributed by atoms with van der Waals surface area (Å²) in [7, 11) is 0. The van der Waals surface area contributed by atoms with Crippen LogP contribution in [0.25, 0.3) is 11.2 Å². The van der Waals surface area contributed by atoms with Crippen LogP contribution in [0.5, 0.6) is 0 Å². The molecule has 36 heavy (non-hydrogen) atoms. The average Bonchev–Trinajstić information content (AvgIpc) is 3.32. The van der Waals surface area contributed by atoms with Crippen molar-refractivity contribution in [3.05, 3.63) is 35.3 Å². The first-order valence-electron chi connectivity index (χ1n) is 19.4. The number of hydrogen-bond donors (Lipinski definition) is 4. The van der Waals surface area contributed by atoms with Crippen molar-refractivity contribution < 1.29 is 54.9 Å². The molecular weight excluding hydrogens is 494 g/mol. The Hall–Kier alpha value is -2.45. The predicted octanol–water partition coefficient (Wildman–Crippen LogP) is 2.01. The highest BCUT2D eigenvalue weighted by atomic mass is 32.2. The number of fused-ring (bicyclic) bond motifs is 1. The molecule has 2 fully saturated rings. The van der Waals surface area contributed by atoms with Crippen molar-refractivity contribution in [1.82, 2.24) is 25.0 Å². The first kappa shape index (κ1) is 11.1. The number of halogens is 2. The Bertz CT molecular complexity index is 2080. The normalized spacial score (nSPS) is 51.6. The van der Waals surface area contributed by atoms with E-state index < -0.39 is 125 Å². The summed E-state index contributed by atoms with van der Waals surface area (Å²) in [4.78, 5) is 7.90. The van der Waals surface area contributed by atoms with E-state index >= 15 is 0 Å². The number of nitrogens with zero attached hydrogens (tertiary/aromatic N) is 5. The first-order chi connectivity index (χ1) is 24.5. The van der Waals surface area contributed by atoms with E-state index in [0.29, 0.717) is 0 Å². The predicted molar refractivity (Wildman–Crippen MR) is 128 cm³/mol. The van der Waals surface area contributed by atoms with Gasteiger partial charge >= 0.3 is 0 Å². The molecule has 5 rings (SSSR count). The fourth-order valence-corrected chi connectivity index (χ4v) is 3.49. The molecule has 2 aromatic heterocycles. The maximum absolute atomic E-state index is 14.6. The quantitative estimate of drug-likeness (QED) is 0.223. The van der Waals surface area contributed by atoms with Crippen molar-refractivity contribution in [3.63, 3.8) is 0 Å². The molecule has 2 aliphatic rings. The number of nitrogens with one attached hydrogen (secondary N) is 1. The van der Waals surface area contributed by atoms with E-state index in [9.17, 15) is 24.1 Å². The maximum Gasteiger partial charge on any atom is 0.191 e. The lowest BCUT2D eigenvalue weighted by Gasteiger charge is -2.17. The second kappa shape index (κ2) is 10.5. The third-order valence-corrected chi connectivity index (χ3v) is 5.35. The molecule has 0 saturated heterocycles. The number of benzene rings is 1. The smallest absolute Gasteiger partial charge is 0.191 e. The van der Waals surface area contributed by atoms with E-state index in [1.54, 1.807) is 0 Å². The van der Waals surface area contributed by atoms with Gasteiger partial charge in [0, 0.05) is 33.6 Å². The lowest BCUT2D eigenvalue weighted by atomic mass is 10.1. The van der Waals surface area contributed by atoms with Crippen LogP contribution in [-0.2, 0) is 4.74 Å². The van der Waals surface area contributed by atoms with Gasteiger partial charge in [-0.1, -0.05) is 29.9 Å². The number of ether oxygens (including phenoxy) is 1. The summed E-state index contributed by atoms with van der Waals surface area (Å²) in [5, 5.41) is 40.4. The van der Waals surface area contributed by atoms with Gasteiger partial charge in [-0.2, -0.15) is 0 Å². The van der Waals surface area contributed by atoms with E-state index in [-0.39, 0.29) is 22.9 Å². The summed E-state index contributed by atoms with van der Waals surface area (Å²) in [5.74, 6) is -8.19. The van der Waals surface area contributed by atoms with Gasteiger partial charge in [0.15, 0.2) is 33.8 Å². The van der Waals surface area contributed by atoms with Crippen molar-refractivity contribution in [3.8, 4) is 0 Å². The largest absolute Gasteiger partial charge is 0.394 e.